The first-order chi connectivity index (χ1) is 7.74. The minimum absolute atomic E-state index is 0.0729. The molecule has 1 heterocycles. The Morgan fingerprint density at radius 2 is 2.12 bits per heavy atom. The number of nitrogens with two attached hydrogens (primary N) is 1. The molecule has 0 amide bonds. The molecule has 0 aliphatic rings. The molecule has 3 N–H and O–H groups in total. The smallest absolute Gasteiger partial charge is 0.393 e. The summed E-state index contributed by atoms with van der Waals surface area (Å²) < 4.78 is 39.1. The van der Waals surface area contributed by atoms with Gasteiger partial charge in [0.05, 0.1) is 6.54 Å². The van der Waals surface area contributed by atoms with Crippen molar-refractivity contribution in [2.75, 3.05) is 0 Å². The summed E-state index contributed by atoms with van der Waals surface area (Å²) in [7, 11) is 0. The summed E-state index contributed by atoms with van der Waals surface area (Å²) in [6.45, 7) is -0.262. The molecule has 0 fully saturated rings. The highest BCUT2D eigenvalue weighted by molar-refractivity contribution is 5.40. The average Bonchev–Trinajstić information content (AvgIpc) is 2.18. The van der Waals surface area contributed by atoms with Gasteiger partial charge in [-0.1, -0.05) is 0 Å². The minimum Gasteiger partial charge on any atom is -0.393 e. The van der Waals surface area contributed by atoms with Crippen LogP contribution in [-0.2, 0) is 6.54 Å². The number of aromatic amines is 1. The maximum Gasteiger partial charge on any atom is 0.573 e. The van der Waals surface area contributed by atoms with Crippen LogP contribution >= 0.6 is 0 Å². The number of ether oxygens (including phenoxy) is 1. The first-order valence-electron chi connectivity index (χ1n) is 4.11. The lowest BCUT2D eigenvalue weighted by Gasteiger charge is -2.09. The lowest BCUT2D eigenvalue weighted by atomic mass is 10.3. The lowest BCUT2D eigenvalue weighted by Crippen LogP contribution is -2.23. The molecule has 1 aromatic rings. The van der Waals surface area contributed by atoms with Gasteiger partial charge in [-0.05, 0) is 4.92 Å². The molecule has 0 bridgehead atoms. The summed E-state index contributed by atoms with van der Waals surface area (Å²) >= 11 is 0. The van der Waals surface area contributed by atoms with E-state index in [4.69, 9.17) is 5.73 Å². The maximum absolute atomic E-state index is 11.9. The van der Waals surface area contributed by atoms with Gasteiger partial charge in [-0.15, -0.1) is 13.2 Å². The number of pyridine rings is 1. The van der Waals surface area contributed by atoms with E-state index < -0.39 is 28.3 Å². The molecular formula is C7H6F3N3O4. The van der Waals surface area contributed by atoms with Crippen molar-refractivity contribution in [2.24, 2.45) is 5.73 Å². The number of rotatable bonds is 3. The number of aromatic nitrogens is 1. The van der Waals surface area contributed by atoms with Crippen molar-refractivity contribution in [3.8, 4) is 5.75 Å². The number of nitrogens with zero attached hydrogens (tertiary/aromatic N) is 1. The fourth-order valence-corrected chi connectivity index (χ4v) is 1.04. The van der Waals surface area contributed by atoms with Gasteiger partial charge in [-0.3, -0.25) is 4.79 Å². The molecule has 17 heavy (non-hydrogen) atoms. The van der Waals surface area contributed by atoms with Crippen molar-refractivity contribution in [1.82, 2.24) is 4.98 Å². The lowest BCUT2D eigenvalue weighted by molar-refractivity contribution is -0.393. The second-order valence-electron chi connectivity index (χ2n) is 2.85. The van der Waals surface area contributed by atoms with Gasteiger partial charge in [0.1, 0.15) is 5.69 Å². The molecule has 1 aromatic heterocycles. The zero-order chi connectivity index (χ0) is 13.2. The van der Waals surface area contributed by atoms with Gasteiger partial charge in [0.15, 0.2) is 0 Å². The molecular weight excluding hydrogens is 247 g/mol. The van der Waals surface area contributed by atoms with E-state index in [1.807, 2.05) is 4.98 Å². The second kappa shape index (κ2) is 4.41. The third-order valence-corrected chi connectivity index (χ3v) is 1.64. The zero-order valence-electron chi connectivity index (χ0n) is 8.08. The van der Waals surface area contributed by atoms with Crippen LogP contribution in [0, 0.1) is 10.1 Å². The van der Waals surface area contributed by atoms with E-state index in [1.54, 1.807) is 0 Å². The quantitative estimate of drug-likeness (QED) is 0.606. The van der Waals surface area contributed by atoms with Crippen molar-refractivity contribution in [1.29, 1.82) is 0 Å². The van der Waals surface area contributed by atoms with Crippen LogP contribution in [0.25, 0.3) is 0 Å². The predicted molar refractivity (Wildman–Crippen MR) is 48.3 cm³/mol. The van der Waals surface area contributed by atoms with Crippen molar-refractivity contribution in [2.45, 2.75) is 12.9 Å². The highest BCUT2D eigenvalue weighted by Crippen LogP contribution is 2.26. The summed E-state index contributed by atoms with van der Waals surface area (Å²) in [6, 6.07) is 0.702. The normalized spacial score (nSPS) is 11.3. The number of alkyl halides is 3. The molecule has 0 saturated carbocycles. The highest BCUT2D eigenvalue weighted by Gasteiger charge is 2.36. The van der Waals surface area contributed by atoms with Crippen LogP contribution in [0.2, 0.25) is 0 Å². The Bertz CT molecular complexity index is 496. The average molecular weight is 253 g/mol. The van der Waals surface area contributed by atoms with Gasteiger partial charge >= 0.3 is 12.2 Å². The molecule has 0 aliphatic heterocycles. The Kier molecular flexibility index (Phi) is 3.36. The summed E-state index contributed by atoms with van der Waals surface area (Å²) in [5.41, 5.74) is 3.77. The molecule has 0 spiro atoms. The monoisotopic (exact) mass is 253 g/mol. The number of hydrogen-bond acceptors (Lipinski definition) is 5. The molecule has 1 rings (SSSR count). The Balaban J connectivity index is 3.37. The van der Waals surface area contributed by atoms with E-state index >= 15 is 0 Å². The van der Waals surface area contributed by atoms with Crippen LogP contribution in [0.15, 0.2) is 10.9 Å². The summed E-state index contributed by atoms with van der Waals surface area (Å²) in [4.78, 5) is 22.5. The van der Waals surface area contributed by atoms with Crippen molar-refractivity contribution in [3.63, 3.8) is 0 Å². The van der Waals surface area contributed by atoms with E-state index in [2.05, 4.69) is 4.74 Å². The van der Waals surface area contributed by atoms with Gasteiger partial charge in [-0.25, -0.2) is 4.98 Å². The molecule has 10 heteroatoms. The highest BCUT2D eigenvalue weighted by atomic mass is 19.4. The largest absolute Gasteiger partial charge is 0.573 e. The minimum atomic E-state index is -5.19. The van der Waals surface area contributed by atoms with Crippen LogP contribution in [0.5, 0.6) is 5.75 Å². The van der Waals surface area contributed by atoms with E-state index in [1.165, 1.54) is 0 Å². The molecule has 7 nitrogen and oxygen atoms in total. The number of nitro groups is 1. The summed E-state index contributed by atoms with van der Waals surface area (Å²) in [6.07, 6.45) is -5.19. The third-order valence-electron chi connectivity index (χ3n) is 1.64. The van der Waals surface area contributed by atoms with E-state index in [9.17, 15) is 28.1 Å². The van der Waals surface area contributed by atoms with Crippen LogP contribution in [-0.4, -0.2) is 16.3 Å². The van der Waals surface area contributed by atoms with Gasteiger partial charge in [0, 0.05) is 6.07 Å². The number of H-pyrrole nitrogens is 1. The van der Waals surface area contributed by atoms with E-state index in [-0.39, 0.29) is 12.2 Å². The standard InChI is InChI=1S/C7H6F3N3O4/c8-7(9,10)17-5-4(14)1-3(2-11)12-6(5)13(15)16/h1H,2,11H2,(H,12,14). The summed E-state index contributed by atoms with van der Waals surface area (Å²) in [5.74, 6) is -2.60. The van der Waals surface area contributed by atoms with E-state index in [0.29, 0.717) is 6.07 Å². The molecule has 0 aromatic carbocycles. The fraction of sp³-hybridized carbons (Fsp3) is 0.286. The van der Waals surface area contributed by atoms with Crippen molar-refractivity contribution >= 4 is 5.82 Å². The van der Waals surface area contributed by atoms with Crippen LogP contribution in [0.3, 0.4) is 0 Å². The zero-order valence-corrected chi connectivity index (χ0v) is 8.08. The van der Waals surface area contributed by atoms with Crippen molar-refractivity contribution < 1.29 is 22.8 Å². The maximum atomic E-state index is 11.9. The number of nitrogens with one attached hydrogen (secondary N) is 1. The van der Waals surface area contributed by atoms with Crippen molar-refractivity contribution in [3.05, 3.63) is 32.1 Å². The van der Waals surface area contributed by atoms with E-state index in [0.717, 1.165) is 0 Å². The second-order valence-corrected chi connectivity index (χ2v) is 2.85. The van der Waals surface area contributed by atoms with Gasteiger partial charge < -0.3 is 20.6 Å². The van der Waals surface area contributed by atoms with Crippen LogP contribution in [0.4, 0.5) is 19.0 Å². The SMILES string of the molecule is NCc1cc(=O)c(OC(F)(F)F)c([N+](=O)[O-])[nH]1. The summed E-state index contributed by atoms with van der Waals surface area (Å²) in [5, 5.41) is 10.5. The first-order valence-corrected chi connectivity index (χ1v) is 4.11. The van der Waals surface area contributed by atoms with Gasteiger partial charge in [-0.2, -0.15) is 0 Å². The Hall–Kier alpha value is -2.10. The van der Waals surface area contributed by atoms with Crippen LogP contribution < -0.4 is 15.9 Å². The van der Waals surface area contributed by atoms with Gasteiger partial charge in [0.25, 0.3) is 5.75 Å². The molecule has 0 aliphatic carbocycles. The third kappa shape index (κ3) is 3.17. The Labute approximate surface area is 91.1 Å². The first kappa shape index (κ1) is 13.0. The topological polar surface area (TPSA) is 111 Å². The Morgan fingerprint density at radius 1 is 1.53 bits per heavy atom. The molecule has 0 unspecified atom stereocenters. The predicted octanol–water partition coefficient (Wildman–Crippen LogP) is 0.640. The molecule has 0 radical (unpaired) electrons. The van der Waals surface area contributed by atoms with Crippen LogP contribution in [0.1, 0.15) is 5.69 Å². The molecule has 94 valence electrons. The number of halogens is 3. The molecule has 0 saturated heterocycles. The fourth-order valence-electron chi connectivity index (χ4n) is 1.04. The van der Waals surface area contributed by atoms with Gasteiger partial charge in [0.2, 0.25) is 5.43 Å². The molecule has 0 atom stereocenters. The Morgan fingerprint density at radius 3 is 2.53 bits per heavy atom. The number of hydrogen-bond donors (Lipinski definition) is 2.